The number of rotatable bonds is 6. The molecule has 4 atom stereocenters. The molecule has 3 aromatic carbocycles. The van der Waals surface area contributed by atoms with E-state index in [0.717, 1.165) is 18.2 Å². The molecule has 0 bridgehead atoms. The van der Waals surface area contributed by atoms with Gasteiger partial charge in [-0.25, -0.2) is 22.0 Å². The van der Waals surface area contributed by atoms with E-state index >= 15 is 8.78 Å². The van der Waals surface area contributed by atoms with E-state index in [1.807, 2.05) is 11.9 Å². The van der Waals surface area contributed by atoms with Gasteiger partial charge in [-0.05, 0) is 56.6 Å². The van der Waals surface area contributed by atoms with Gasteiger partial charge < -0.3 is 29.9 Å². The second-order valence-corrected chi connectivity index (χ2v) is 13.3. The quantitative estimate of drug-likeness (QED) is 0.181. The Morgan fingerprint density at radius 2 is 1.94 bits per heavy atom. The van der Waals surface area contributed by atoms with Gasteiger partial charge >= 0.3 is 6.01 Å². The molecule has 1 aromatic heterocycles. The van der Waals surface area contributed by atoms with Crippen LogP contribution in [0.2, 0.25) is 0 Å². The number of benzene rings is 3. The molecule has 48 heavy (non-hydrogen) atoms. The standard InChI is InChI=1S/C35H35F5N4O4/c1-5-20-24(36)7-6-18-10-19(45)11-21(27(18)20)28-25(37)12-22-30(26-13-41-14-35(3,46)17-47-26)42-33(43-31(22)29(28)38)48-16-34(2)15-44(4)9-8-23(34)32(39)40/h1,6-7,10-12,23,26,32,41,45-46H,8-9,13-17H2,2-4H3/t23-,26?,34+,35?/m1/s1. The second-order valence-electron chi connectivity index (χ2n) is 13.3. The third-order valence-electron chi connectivity index (χ3n) is 9.28. The van der Waals surface area contributed by atoms with Gasteiger partial charge in [-0.3, -0.25) is 0 Å². The van der Waals surface area contributed by atoms with E-state index in [4.69, 9.17) is 15.9 Å². The first-order valence-corrected chi connectivity index (χ1v) is 15.5. The van der Waals surface area contributed by atoms with Crippen molar-refractivity contribution in [2.75, 3.05) is 46.4 Å². The average Bonchev–Trinajstić information content (AvgIpc) is 3.20. The highest BCUT2D eigenvalue weighted by Crippen LogP contribution is 2.42. The number of aromatic nitrogens is 2. The van der Waals surface area contributed by atoms with Crippen LogP contribution in [0, 0.1) is 41.1 Å². The number of β-amino-alcohol motifs (C(OH)–C–C–N with tert-alkyl or cyclic N) is 1. The number of aliphatic hydroxyl groups is 1. The zero-order valence-electron chi connectivity index (χ0n) is 26.6. The van der Waals surface area contributed by atoms with Gasteiger partial charge in [0.2, 0.25) is 6.43 Å². The molecule has 0 spiro atoms. The largest absolute Gasteiger partial charge is 0.508 e. The molecule has 2 aliphatic heterocycles. The van der Waals surface area contributed by atoms with Crippen molar-refractivity contribution in [3.63, 3.8) is 0 Å². The maximum atomic E-state index is 16.8. The number of hydrogen-bond acceptors (Lipinski definition) is 8. The van der Waals surface area contributed by atoms with Crippen molar-refractivity contribution in [2.24, 2.45) is 11.3 Å². The summed E-state index contributed by atoms with van der Waals surface area (Å²) in [5.41, 5.74) is -3.71. The number of aromatic hydroxyl groups is 1. The minimum atomic E-state index is -2.60. The summed E-state index contributed by atoms with van der Waals surface area (Å²) < 4.78 is 88.0. The second kappa shape index (κ2) is 12.7. The topological polar surface area (TPSA) is 100.0 Å². The molecular formula is C35H35F5N4O4. The van der Waals surface area contributed by atoms with Gasteiger partial charge in [-0.15, -0.1) is 6.42 Å². The number of nitrogens with zero attached hydrogens (tertiary/aromatic N) is 3. The van der Waals surface area contributed by atoms with Crippen LogP contribution in [0.25, 0.3) is 32.8 Å². The molecule has 2 fully saturated rings. The summed E-state index contributed by atoms with van der Waals surface area (Å²) >= 11 is 0. The van der Waals surface area contributed by atoms with E-state index in [2.05, 4.69) is 21.2 Å². The molecule has 0 radical (unpaired) electrons. The monoisotopic (exact) mass is 670 g/mol. The molecule has 0 aliphatic carbocycles. The smallest absolute Gasteiger partial charge is 0.317 e. The summed E-state index contributed by atoms with van der Waals surface area (Å²) in [6.07, 6.45) is 2.32. The van der Waals surface area contributed by atoms with Gasteiger partial charge in [0.1, 0.15) is 29.0 Å². The summed E-state index contributed by atoms with van der Waals surface area (Å²) in [7, 11) is 1.82. The number of terminal acetylenes is 1. The van der Waals surface area contributed by atoms with Crippen molar-refractivity contribution >= 4 is 21.7 Å². The highest BCUT2D eigenvalue weighted by Gasteiger charge is 2.44. The zero-order valence-corrected chi connectivity index (χ0v) is 26.6. The average molecular weight is 671 g/mol. The normalized spacial score (nSPS) is 25.4. The summed E-state index contributed by atoms with van der Waals surface area (Å²) in [5.74, 6) is -2.14. The van der Waals surface area contributed by atoms with Crippen LogP contribution < -0.4 is 10.1 Å². The summed E-state index contributed by atoms with van der Waals surface area (Å²) in [6, 6.07) is 5.46. The van der Waals surface area contributed by atoms with Gasteiger partial charge in [-0.2, -0.15) is 9.97 Å². The van der Waals surface area contributed by atoms with Crippen molar-refractivity contribution in [3.8, 4) is 35.2 Å². The molecule has 13 heteroatoms. The fourth-order valence-electron chi connectivity index (χ4n) is 6.89. The lowest BCUT2D eigenvalue weighted by Gasteiger charge is -2.44. The first-order valence-electron chi connectivity index (χ1n) is 15.5. The van der Waals surface area contributed by atoms with E-state index in [1.54, 1.807) is 13.8 Å². The number of halogens is 5. The molecule has 8 nitrogen and oxygen atoms in total. The highest BCUT2D eigenvalue weighted by atomic mass is 19.3. The number of likely N-dealkylation sites (tertiary alicyclic amines) is 1. The van der Waals surface area contributed by atoms with Crippen LogP contribution in [0.1, 0.15) is 37.6 Å². The summed E-state index contributed by atoms with van der Waals surface area (Å²) in [6.45, 7) is 3.95. The van der Waals surface area contributed by atoms with Crippen LogP contribution in [0.3, 0.4) is 0 Å². The maximum absolute atomic E-state index is 16.8. The Bertz CT molecular complexity index is 1930. The minimum absolute atomic E-state index is 0.00381. The first kappa shape index (κ1) is 33.8. The lowest BCUT2D eigenvalue weighted by molar-refractivity contribution is -0.0681. The number of fused-ring (bicyclic) bond motifs is 2. The molecule has 0 amide bonds. The Kier molecular flexibility index (Phi) is 8.97. The van der Waals surface area contributed by atoms with Crippen LogP contribution in [0.4, 0.5) is 22.0 Å². The SMILES string of the molecule is C#Cc1c(F)ccc2cc(O)cc(-c3c(F)cc4c(C5CNCC(C)(O)CO5)nc(OC[C@]5(C)CN(C)CC[C@@H]5C(F)F)nc4c3F)c12. The summed E-state index contributed by atoms with van der Waals surface area (Å²) in [5, 5.41) is 24.3. The Morgan fingerprint density at radius 1 is 1.17 bits per heavy atom. The van der Waals surface area contributed by atoms with Crippen LogP contribution in [0.15, 0.2) is 30.3 Å². The molecular weight excluding hydrogens is 635 g/mol. The van der Waals surface area contributed by atoms with Crippen LogP contribution in [-0.4, -0.2) is 83.5 Å². The van der Waals surface area contributed by atoms with Crippen molar-refractivity contribution < 1.29 is 41.6 Å². The number of phenolic OH excluding ortho intramolecular Hbond substituents is 1. The van der Waals surface area contributed by atoms with E-state index in [0.29, 0.717) is 13.1 Å². The Morgan fingerprint density at radius 3 is 2.67 bits per heavy atom. The van der Waals surface area contributed by atoms with E-state index in [9.17, 15) is 23.4 Å². The first-order chi connectivity index (χ1) is 22.7. The molecule has 2 aliphatic rings. The molecule has 6 rings (SSSR count). The third kappa shape index (κ3) is 6.25. The molecule has 4 aromatic rings. The van der Waals surface area contributed by atoms with Gasteiger partial charge in [0.25, 0.3) is 0 Å². The number of alkyl halides is 2. The maximum Gasteiger partial charge on any atom is 0.317 e. The molecule has 2 saturated heterocycles. The van der Waals surface area contributed by atoms with Crippen LogP contribution in [-0.2, 0) is 4.74 Å². The van der Waals surface area contributed by atoms with Crippen molar-refractivity contribution in [3.05, 3.63) is 59.0 Å². The van der Waals surface area contributed by atoms with Gasteiger partial charge in [-0.1, -0.05) is 18.9 Å². The zero-order chi connectivity index (χ0) is 34.5. The third-order valence-corrected chi connectivity index (χ3v) is 9.28. The molecule has 0 saturated carbocycles. The number of hydrogen-bond donors (Lipinski definition) is 3. The molecule has 3 heterocycles. The fraction of sp³-hybridized carbons (Fsp3) is 0.429. The van der Waals surface area contributed by atoms with Gasteiger partial charge in [0.05, 0.1) is 35.6 Å². The Labute approximate surface area is 273 Å². The number of phenols is 1. The number of nitrogens with one attached hydrogen (secondary N) is 1. The lowest BCUT2D eigenvalue weighted by atomic mass is 9.73. The Balaban J connectivity index is 1.54. The summed E-state index contributed by atoms with van der Waals surface area (Å²) in [4.78, 5) is 10.7. The molecule has 3 N–H and O–H groups in total. The van der Waals surface area contributed by atoms with Gasteiger partial charge in [0, 0.05) is 47.3 Å². The van der Waals surface area contributed by atoms with Crippen molar-refractivity contribution in [2.45, 2.75) is 38.4 Å². The van der Waals surface area contributed by atoms with Crippen molar-refractivity contribution in [1.29, 1.82) is 0 Å². The highest BCUT2D eigenvalue weighted by molar-refractivity contribution is 6.03. The van der Waals surface area contributed by atoms with Crippen molar-refractivity contribution in [1.82, 2.24) is 20.2 Å². The van der Waals surface area contributed by atoms with Gasteiger partial charge in [0.15, 0.2) is 5.82 Å². The lowest BCUT2D eigenvalue weighted by Crippen LogP contribution is -2.51. The molecule has 2 unspecified atom stereocenters. The van der Waals surface area contributed by atoms with E-state index < -0.39 is 58.0 Å². The van der Waals surface area contributed by atoms with Crippen LogP contribution >= 0.6 is 0 Å². The fourth-order valence-corrected chi connectivity index (χ4v) is 6.89. The van der Waals surface area contributed by atoms with Crippen LogP contribution in [0.5, 0.6) is 11.8 Å². The minimum Gasteiger partial charge on any atom is -0.508 e. The number of ether oxygens (including phenoxy) is 2. The predicted molar refractivity (Wildman–Crippen MR) is 169 cm³/mol. The predicted octanol–water partition coefficient (Wildman–Crippen LogP) is 5.57. The van der Waals surface area contributed by atoms with E-state index in [1.165, 1.54) is 12.1 Å². The molecule has 254 valence electrons. The number of piperidine rings is 1. The Hall–Kier alpha value is -4.09. The van der Waals surface area contributed by atoms with E-state index in [-0.39, 0.29) is 77.5 Å².